The van der Waals surface area contributed by atoms with Crippen molar-refractivity contribution >= 4 is 28.3 Å². The number of carbonyl (C=O) groups excluding carboxylic acids is 2. The van der Waals surface area contributed by atoms with E-state index in [0.29, 0.717) is 17.0 Å². The lowest BCUT2D eigenvalue weighted by Gasteiger charge is -2.11. The van der Waals surface area contributed by atoms with E-state index in [1.165, 1.54) is 7.11 Å². The molecular formula is C21H19NO4. The standard InChI is InChI=1S/C21H19NO4/c1-14-11-17(21(24)25-2)8-10-19(14)22-20(23)13-26-18-9-7-15-5-3-4-6-16(15)12-18/h3-12H,13H2,1-2H3,(H,22,23). The van der Waals surface area contributed by atoms with Gasteiger partial charge < -0.3 is 14.8 Å². The Kier molecular flexibility index (Phi) is 5.17. The van der Waals surface area contributed by atoms with Gasteiger partial charge in [-0.3, -0.25) is 4.79 Å². The van der Waals surface area contributed by atoms with E-state index in [4.69, 9.17) is 4.74 Å². The monoisotopic (exact) mass is 349 g/mol. The van der Waals surface area contributed by atoms with Crippen molar-refractivity contribution in [2.45, 2.75) is 6.92 Å². The van der Waals surface area contributed by atoms with Gasteiger partial charge in [-0.2, -0.15) is 0 Å². The van der Waals surface area contributed by atoms with Gasteiger partial charge in [0.1, 0.15) is 5.75 Å². The SMILES string of the molecule is COC(=O)c1ccc(NC(=O)COc2ccc3ccccc3c2)c(C)c1. The zero-order chi connectivity index (χ0) is 18.5. The van der Waals surface area contributed by atoms with Crippen LogP contribution in [0.3, 0.4) is 0 Å². The molecule has 3 aromatic carbocycles. The minimum Gasteiger partial charge on any atom is -0.484 e. The number of aryl methyl sites for hydroxylation is 1. The van der Waals surface area contributed by atoms with E-state index in [1.807, 2.05) is 49.4 Å². The predicted octanol–water partition coefficient (Wildman–Crippen LogP) is 3.95. The van der Waals surface area contributed by atoms with Gasteiger partial charge in [-0.25, -0.2) is 4.79 Å². The summed E-state index contributed by atoms with van der Waals surface area (Å²) < 4.78 is 10.3. The minimum absolute atomic E-state index is 0.101. The average Bonchev–Trinajstić information content (AvgIpc) is 2.67. The van der Waals surface area contributed by atoms with Gasteiger partial charge >= 0.3 is 5.97 Å². The van der Waals surface area contributed by atoms with Crippen molar-refractivity contribution in [2.75, 3.05) is 19.0 Å². The predicted molar refractivity (Wildman–Crippen MR) is 101 cm³/mol. The Hall–Kier alpha value is -3.34. The third-order valence-electron chi connectivity index (χ3n) is 4.01. The number of carbonyl (C=O) groups is 2. The van der Waals surface area contributed by atoms with E-state index >= 15 is 0 Å². The summed E-state index contributed by atoms with van der Waals surface area (Å²) >= 11 is 0. The molecule has 0 unspecified atom stereocenters. The Morgan fingerprint density at radius 1 is 0.962 bits per heavy atom. The Balaban J connectivity index is 1.62. The van der Waals surface area contributed by atoms with Crippen LogP contribution >= 0.6 is 0 Å². The molecule has 0 radical (unpaired) electrons. The summed E-state index contributed by atoms with van der Waals surface area (Å²) in [6.07, 6.45) is 0. The molecule has 3 rings (SSSR count). The molecule has 0 aromatic heterocycles. The average molecular weight is 349 g/mol. The molecule has 3 aromatic rings. The van der Waals surface area contributed by atoms with Crippen LogP contribution in [-0.2, 0) is 9.53 Å². The van der Waals surface area contributed by atoms with Gasteiger partial charge in [0.25, 0.3) is 5.91 Å². The smallest absolute Gasteiger partial charge is 0.337 e. The molecule has 0 saturated heterocycles. The molecule has 0 atom stereocenters. The third kappa shape index (κ3) is 4.00. The van der Waals surface area contributed by atoms with E-state index in [1.54, 1.807) is 18.2 Å². The van der Waals surface area contributed by atoms with Gasteiger partial charge in [0.15, 0.2) is 6.61 Å². The Bertz CT molecular complexity index is 965. The van der Waals surface area contributed by atoms with E-state index in [9.17, 15) is 9.59 Å². The first kappa shape index (κ1) is 17.5. The summed E-state index contributed by atoms with van der Waals surface area (Å²) in [5.74, 6) is -0.0469. The largest absolute Gasteiger partial charge is 0.484 e. The summed E-state index contributed by atoms with van der Waals surface area (Å²) in [6.45, 7) is 1.71. The second kappa shape index (κ2) is 7.70. The Labute approximate surface area is 151 Å². The van der Waals surface area contributed by atoms with Crippen LogP contribution in [-0.4, -0.2) is 25.6 Å². The van der Waals surface area contributed by atoms with E-state index in [0.717, 1.165) is 16.3 Å². The van der Waals surface area contributed by atoms with Crippen LogP contribution < -0.4 is 10.1 Å². The van der Waals surface area contributed by atoms with Crippen molar-refractivity contribution in [2.24, 2.45) is 0 Å². The highest BCUT2D eigenvalue weighted by Crippen LogP contribution is 2.21. The Morgan fingerprint density at radius 2 is 1.73 bits per heavy atom. The zero-order valence-corrected chi connectivity index (χ0v) is 14.6. The number of nitrogens with one attached hydrogen (secondary N) is 1. The quantitative estimate of drug-likeness (QED) is 0.708. The van der Waals surface area contributed by atoms with E-state index in [-0.39, 0.29) is 12.5 Å². The molecule has 26 heavy (non-hydrogen) atoms. The van der Waals surface area contributed by atoms with Crippen molar-refractivity contribution in [3.8, 4) is 5.75 Å². The summed E-state index contributed by atoms with van der Waals surface area (Å²) in [5.41, 5.74) is 1.84. The molecule has 0 heterocycles. The van der Waals surface area contributed by atoms with Crippen LogP contribution in [0.15, 0.2) is 60.7 Å². The number of hydrogen-bond donors (Lipinski definition) is 1. The summed E-state index contributed by atoms with van der Waals surface area (Å²) in [4.78, 5) is 23.7. The highest BCUT2D eigenvalue weighted by atomic mass is 16.5. The maximum absolute atomic E-state index is 12.1. The lowest BCUT2D eigenvalue weighted by Crippen LogP contribution is -2.20. The van der Waals surface area contributed by atoms with Crippen LogP contribution in [0.1, 0.15) is 15.9 Å². The number of ether oxygens (including phenoxy) is 2. The summed E-state index contributed by atoms with van der Waals surface area (Å²) in [7, 11) is 1.33. The minimum atomic E-state index is -0.411. The van der Waals surface area contributed by atoms with Crippen molar-refractivity contribution in [3.63, 3.8) is 0 Å². The normalized spacial score (nSPS) is 10.4. The number of methoxy groups -OCH3 is 1. The maximum Gasteiger partial charge on any atom is 0.337 e. The van der Waals surface area contributed by atoms with E-state index < -0.39 is 5.97 Å². The van der Waals surface area contributed by atoms with Crippen molar-refractivity contribution in [1.29, 1.82) is 0 Å². The molecule has 0 bridgehead atoms. The number of hydrogen-bond acceptors (Lipinski definition) is 4. The highest BCUT2D eigenvalue weighted by molar-refractivity contribution is 5.94. The molecule has 0 spiro atoms. The number of amides is 1. The molecule has 0 saturated carbocycles. The van der Waals surface area contributed by atoms with Gasteiger partial charge in [0.05, 0.1) is 12.7 Å². The second-order valence-corrected chi connectivity index (χ2v) is 5.87. The van der Waals surface area contributed by atoms with Gasteiger partial charge in [-0.1, -0.05) is 30.3 Å². The Morgan fingerprint density at radius 3 is 2.46 bits per heavy atom. The highest BCUT2D eigenvalue weighted by Gasteiger charge is 2.10. The van der Waals surface area contributed by atoms with Gasteiger partial charge in [0.2, 0.25) is 0 Å². The van der Waals surface area contributed by atoms with Crippen LogP contribution in [0.4, 0.5) is 5.69 Å². The van der Waals surface area contributed by atoms with Crippen molar-refractivity contribution in [3.05, 3.63) is 71.8 Å². The fourth-order valence-corrected chi connectivity index (χ4v) is 2.64. The molecule has 0 aliphatic heterocycles. The lowest BCUT2D eigenvalue weighted by atomic mass is 10.1. The second-order valence-electron chi connectivity index (χ2n) is 5.87. The van der Waals surface area contributed by atoms with E-state index in [2.05, 4.69) is 10.1 Å². The molecule has 132 valence electrons. The zero-order valence-electron chi connectivity index (χ0n) is 14.6. The lowest BCUT2D eigenvalue weighted by molar-refractivity contribution is -0.118. The molecule has 1 N–H and O–H groups in total. The van der Waals surface area contributed by atoms with Crippen LogP contribution in [0.5, 0.6) is 5.75 Å². The topological polar surface area (TPSA) is 64.6 Å². The van der Waals surface area contributed by atoms with Crippen LogP contribution in [0, 0.1) is 6.92 Å². The molecule has 0 aliphatic rings. The third-order valence-corrected chi connectivity index (χ3v) is 4.01. The first-order chi connectivity index (χ1) is 12.6. The van der Waals surface area contributed by atoms with Crippen molar-refractivity contribution in [1.82, 2.24) is 0 Å². The number of esters is 1. The number of anilines is 1. The molecule has 0 aliphatic carbocycles. The molecule has 0 fully saturated rings. The molecule has 5 heteroatoms. The molecular weight excluding hydrogens is 330 g/mol. The number of fused-ring (bicyclic) bond motifs is 1. The van der Waals surface area contributed by atoms with Crippen molar-refractivity contribution < 1.29 is 19.1 Å². The number of rotatable bonds is 5. The number of benzene rings is 3. The first-order valence-electron chi connectivity index (χ1n) is 8.17. The van der Waals surface area contributed by atoms with Crippen LogP contribution in [0.25, 0.3) is 10.8 Å². The first-order valence-corrected chi connectivity index (χ1v) is 8.17. The van der Waals surface area contributed by atoms with Crippen LogP contribution in [0.2, 0.25) is 0 Å². The maximum atomic E-state index is 12.1. The molecule has 1 amide bonds. The fourth-order valence-electron chi connectivity index (χ4n) is 2.64. The van der Waals surface area contributed by atoms with Gasteiger partial charge in [0, 0.05) is 5.69 Å². The van der Waals surface area contributed by atoms with Gasteiger partial charge in [-0.15, -0.1) is 0 Å². The fraction of sp³-hybridized carbons (Fsp3) is 0.143. The summed E-state index contributed by atoms with van der Waals surface area (Å²) in [6, 6.07) is 18.6. The van der Waals surface area contributed by atoms with Gasteiger partial charge in [-0.05, 0) is 53.6 Å². The molecule has 5 nitrogen and oxygen atoms in total. The summed E-state index contributed by atoms with van der Waals surface area (Å²) in [5, 5.41) is 4.96.